The Hall–Kier alpha value is -1.61. The van der Waals surface area contributed by atoms with Gasteiger partial charge in [-0.1, -0.05) is 19.9 Å². The number of pyridine rings is 1. The lowest BCUT2D eigenvalue weighted by Crippen LogP contribution is -2.20. The van der Waals surface area contributed by atoms with Gasteiger partial charge >= 0.3 is 0 Å². The van der Waals surface area contributed by atoms with Gasteiger partial charge in [0.2, 0.25) is 0 Å². The largest absolute Gasteiger partial charge is 0.322 e. The molecule has 2 N–H and O–H groups in total. The fourth-order valence-corrected chi connectivity index (χ4v) is 1.91. The molecule has 0 saturated heterocycles. The summed E-state index contributed by atoms with van der Waals surface area (Å²) >= 11 is 0. The van der Waals surface area contributed by atoms with E-state index in [1.165, 1.54) is 5.56 Å². The molecule has 1 aromatic carbocycles. The molecule has 2 rings (SSSR count). The summed E-state index contributed by atoms with van der Waals surface area (Å²) in [5.41, 5.74) is 3.00. The van der Waals surface area contributed by atoms with Crippen molar-refractivity contribution in [3.8, 4) is 0 Å². The van der Waals surface area contributed by atoms with Gasteiger partial charge in [-0.25, -0.2) is 0 Å². The van der Waals surface area contributed by atoms with Gasteiger partial charge in [-0.3, -0.25) is 4.79 Å². The molecule has 0 saturated carbocycles. The number of hydrogen-bond acceptors (Lipinski definition) is 2. The van der Waals surface area contributed by atoms with Gasteiger partial charge < -0.3 is 10.3 Å². The predicted octanol–water partition coefficient (Wildman–Crippen LogP) is 2.20. The van der Waals surface area contributed by atoms with Gasteiger partial charge in [-0.15, -0.1) is 0 Å². The number of aryl methyl sites for hydroxylation is 1. The van der Waals surface area contributed by atoms with E-state index in [4.69, 9.17) is 0 Å². The molecule has 0 spiro atoms. The van der Waals surface area contributed by atoms with E-state index in [1.807, 2.05) is 19.1 Å². The molecule has 0 fully saturated rings. The maximum Gasteiger partial charge on any atom is 0.252 e. The van der Waals surface area contributed by atoms with Crippen molar-refractivity contribution in [2.45, 2.75) is 26.8 Å². The van der Waals surface area contributed by atoms with Crippen LogP contribution in [0.4, 0.5) is 0 Å². The smallest absolute Gasteiger partial charge is 0.252 e. The minimum absolute atomic E-state index is 0.00250. The molecule has 0 atom stereocenters. The van der Waals surface area contributed by atoms with Crippen LogP contribution >= 0.6 is 0 Å². The topological polar surface area (TPSA) is 44.9 Å². The Bertz CT molecular complexity index is 572. The summed E-state index contributed by atoms with van der Waals surface area (Å²) in [6.07, 6.45) is 1.01. The Morgan fingerprint density at radius 3 is 2.76 bits per heavy atom. The van der Waals surface area contributed by atoms with E-state index in [-0.39, 0.29) is 5.56 Å². The van der Waals surface area contributed by atoms with Crippen molar-refractivity contribution in [2.24, 2.45) is 0 Å². The van der Waals surface area contributed by atoms with E-state index >= 15 is 0 Å². The van der Waals surface area contributed by atoms with Crippen LogP contribution in [0.2, 0.25) is 0 Å². The fraction of sp³-hybridized carbons (Fsp3) is 0.357. The van der Waals surface area contributed by atoms with E-state index in [9.17, 15) is 4.79 Å². The van der Waals surface area contributed by atoms with Gasteiger partial charge in [0.1, 0.15) is 0 Å². The van der Waals surface area contributed by atoms with Crippen molar-refractivity contribution >= 4 is 10.9 Å². The number of nitrogens with one attached hydrogen (secondary N) is 2. The second kappa shape index (κ2) is 5.15. The Balaban J connectivity index is 2.48. The van der Waals surface area contributed by atoms with Crippen molar-refractivity contribution in [3.63, 3.8) is 0 Å². The molecule has 90 valence electrons. The summed E-state index contributed by atoms with van der Waals surface area (Å²) in [5.74, 6) is 0. The van der Waals surface area contributed by atoms with Crippen molar-refractivity contribution in [2.75, 3.05) is 6.54 Å². The number of benzene rings is 1. The van der Waals surface area contributed by atoms with Crippen LogP contribution in [0.15, 0.2) is 29.1 Å². The molecule has 0 amide bonds. The number of aromatic amines is 1. The number of fused-ring (bicyclic) bond motifs is 1. The molecule has 1 aromatic heterocycles. The van der Waals surface area contributed by atoms with Crippen molar-refractivity contribution in [1.29, 1.82) is 0 Å². The monoisotopic (exact) mass is 230 g/mol. The second-order valence-electron chi connectivity index (χ2n) is 4.18. The second-order valence-corrected chi connectivity index (χ2v) is 4.18. The Morgan fingerprint density at radius 1 is 1.24 bits per heavy atom. The highest BCUT2D eigenvalue weighted by Gasteiger charge is 2.02. The maximum absolute atomic E-state index is 11.8. The molecule has 3 heteroatoms. The van der Waals surface area contributed by atoms with E-state index in [1.54, 1.807) is 0 Å². The SMILES string of the molecule is CCNCc1cc2cc(CC)ccc2[nH]c1=O. The molecule has 1 heterocycles. The first-order chi connectivity index (χ1) is 8.24. The first kappa shape index (κ1) is 11.9. The van der Waals surface area contributed by atoms with Crippen LogP contribution in [0.5, 0.6) is 0 Å². The molecule has 0 unspecified atom stereocenters. The van der Waals surface area contributed by atoms with Crippen molar-refractivity contribution in [1.82, 2.24) is 10.3 Å². The van der Waals surface area contributed by atoms with Gasteiger partial charge in [-0.05, 0) is 42.1 Å². The molecular weight excluding hydrogens is 212 g/mol. The molecular formula is C14H18N2O. The van der Waals surface area contributed by atoms with E-state index < -0.39 is 0 Å². The minimum Gasteiger partial charge on any atom is -0.322 e. The summed E-state index contributed by atoms with van der Waals surface area (Å²) in [6, 6.07) is 8.16. The average Bonchev–Trinajstić information content (AvgIpc) is 2.35. The molecule has 3 nitrogen and oxygen atoms in total. The van der Waals surface area contributed by atoms with Gasteiger partial charge in [0.25, 0.3) is 5.56 Å². The van der Waals surface area contributed by atoms with Crippen LogP contribution in [-0.4, -0.2) is 11.5 Å². The van der Waals surface area contributed by atoms with Gasteiger partial charge in [0.05, 0.1) is 0 Å². The fourth-order valence-electron chi connectivity index (χ4n) is 1.91. The Labute approximate surface area is 101 Å². The molecule has 0 bridgehead atoms. The predicted molar refractivity (Wildman–Crippen MR) is 71.3 cm³/mol. The molecule has 2 aromatic rings. The normalized spacial score (nSPS) is 10.9. The lowest BCUT2D eigenvalue weighted by Gasteiger charge is -2.05. The van der Waals surface area contributed by atoms with Crippen molar-refractivity contribution < 1.29 is 0 Å². The summed E-state index contributed by atoms with van der Waals surface area (Å²) in [5, 5.41) is 4.29. The third-order valence-corrected chi connectivity index (χ3v) is 2.96. The van der Waals surface area contributed by atoms with Gasteiger partial charge in [0, 0.05) is 17.6 Å². The van der Waals surface area contributed by atoms with E-state index in [0.29, 0.717) is 6.54 Å². The van der Waals surface area contributed by atoms with Gasteiger partial charge in [-0.2, -0.15) is 0 Å². The zero-order chi connectivity index (χ0) is 12.3. The van der Waals surface area contributed by atoms with Crippen LogP contribution in [0.25, 0.3) is 10.9 Å². The molecule has 0 aliphatic heterocycles. The quantitative estimate of drug-likeness (QED) is 0.845. The zero-order valence-corrected chi connectivity index (χ0v) is 10.3. The van der Waals surface area contributed by atoms with Crippen LogP contribution in [-0.2, 0) is 13.0 Å². The third-order valence-electron chi connectivity index (χ3n) is 2.96. The standard InChI is InChI=1S/C14H18N2O/c1-3-10-5-6-13-11(7-10)8-12(9-15-4-2)14(17)16-13/h5-8,15H,3-4,9H2,1-2H3,(H,16,17). The third kappa shape index (κ3) is 2.56. The highest BCUT2D eigenvalue weighted by molar-refractivity contribution is 5.79. The zero-order valence-electron chi connectivity index (χ0n) is 10.3. The molecule has 0 aliphatic rings. The van der Waals surface area contributed by atoms with E-state index in [2.05, 4.69) is 29.4 Å². The highest BCUT2D eigenvalue weighted by Crippen LogP contribution is 2.14. The lowest BCUT2D eigenvalue weighted by atomic mass is 10.1. The molecule has 17 heavy (non-hydrogen) atoms. The number of aromatic nitrogens is 1. The van der Waals surface area contributed by atoms with Crippen LogP contribution < -0.4 is 10.9 Å². The molecule has 0 aliphatic carbocycles. The summed E-state index contributed by atoms with van der Waals surface area (Å²) in [4.78, 5) is 14.7. The summed E-state index contributed by atoms with van der Waals surface area (Å²) in [7, 11) is 0. The summed E-state index contributed by atoms with van der Waals surface area (Å²) in [6.45, 7) is 5.65. The Kier molecular flexibility index (Phi) is 3.59. The Morgan fingerprint density at radius 2 is 2.06 bits per heavy atom. The number of hydrogen-bond donors (Lipinski definition) is 2. The first-order valence-corrected chi connectivity index (χ1v) is 6.10. The minimum atomic E-state index is 0.00250. The molecule has 0 radical (unpaired) electrons. The number of rotatable bonds is 4. The number of H-pyrrole nitrogens is 1. The first-order valence-electron chi connectivity index (χ1n) is 6.10. The van der Waals surface area contributed by atoms with Crippen LogP contribution in [0.3, 0.4) is 0 Å². The maximum atomic E-state index is 11.8. The lowest BCUT2D eigenvalue weighted by molar-refractivity contribution is 0.721. The van der Waals surface area contributed by atoms with Crippen molar-refractivity contribution in [3.05, 3.63) is 45.7 Å². The van der Waals surface area contributed by atoms with Crippen LogP contribution in [0.1, 0.15) is 25.0 Å². The highest BCUT2D eigenvalue weighted by atomic mass is 16.1. The van der Waals surface area contributed by atoms with Gasteiger partial charge in [0.15, 0.2) is 0 Å². The van der Waals surface area contributed by atoms with Crippen LogP contribution in [0, 0.1) is 0 Å². The van der Waals surface area contributed by atoms with E-state index in [0.717, 1.165) is 29.4 Å². The average molecular weight is 230 g/mol. The summed E-state index contributed by atoms with van der Waals surface area (Å²) < 4.78 is 0.